The van der Waals surface area contributed by atoms with Crippen molar-refractivity contribution in [1.82, 2.24) is 32.5 Å². The molecular weight excluding hydrogens is 1750 g/mol. The number of likely N-dealkylation sites (tertiary alicyclic amines) is 1. The molecule has 1 fully saturated rings. The van der Waals surface area contributed by atoms with Crippen molar-refractivity contribution in [1.29, 1.82) is 0 Å². The fraction of sp³-hybridized carbons (Fsp3) is 0.309. The van der Waals surface area contributed by atoms with E-state index in [1.807, 2.05) is 6.92 Å². The molecular formula is C81H170ClF10N11O19S3. The van der Waals surface area contributed by atoms with Gasteiger partial charge in [-0.15, -0.1) is 0 Å². The van der Waals surface area contributed by atoms with Crippen molar-refractivity contribution in [3.8, 4) is 0 Å². The highest BCUT2D eigenvalue weighted by atomic mass is 35.7. The Balaban J connectivity index is -0.0000000440. The molecule has 30 nitrogen and oxygen atoms in total. The second-order valence-corrected chi connectivity index (χ2v) is 33.8. The Morgan fingerprint density at radius 2 is 0.872 bits per heavy atom. The van der Waals surface area contributed by atoms with Gasteiger partial charge < -0.3 is 63.2 Å². The van der Waals surface area contributed by atoms with Gasteiger partial charge in [-0.1, -0.05) is 19.4 Å². The van der Waals surface area contributed by atoms with Crippen LogP contribution in [0.25, 0.3) is 0 Å². The lowest BCUT2D eigenvalue weighted by Crippen LogP contribution is -2.53. The van der Waals surface area contributed by atoms with Crippen LogP contribution < -0.4 is 26.0 Å². The van der Waals surface area contributed by atoms with Crippen molar-refractivity contribution in [2.45, 2.75) is 115 Å². The van der Waals surface area contributed by atoms with E-state index in [0.29, 0.717) is 48.2 Å². The van der Waals surface area contributed by atoms with E-state index in [0.717, 1.165) is 44.4 Å². The van der Waals surface area contributed by atoms with E-state index in [9.17, 15) is 98.3 Å². The minimum atomic E-state index is -4.78. The van der Waals surface area contributed by atoms with Crippen molar-refractivity contribution in [2.24, 2.45) is 41.2 Å². The second kappa shape index (κ2) is 44.8. The van der Waals surface area contributed by atoms with E-state index < -0.39 is 167 Å². The highest BCUT2D eigenvalue weighted by molar-refractivity contribution is 8.13. The molecule has 125 heavy (non-hydrogen) atoms. The zero-order valence-corrected chi connectivity index (χ0v) is 72.8. The van der Waals surface area contributed by atoms with Crippen LogP contribution in [0.2, 0.25) is 0 Å². The smallest absolute Gasteiger partial charge is 0.410 e. The third-order valence-electron chi connectivity index (χ3n) is 17.7. The van der Waals surface area contributed by atoms with E-state index >= 15 is 4.39 Å². The third-order valence-corrected chi connectivity index (χ3v) is 21.4. The Kier molecular flexibility index (Phi) is 20.2. The number of sulfonamides is 1. The van der Waals surface area contributed by atoms with Crippen LogP contribution in [0, 0.1) is 86.0 Å². The molecule has 2 atom stereocenters. The lowest BCUT2D eigenvalue weighted by Gasteiger charge is -2.38. The average molecular weight is 2010 g/mol. The van der Waals surface area contributed by atoms with Gasteiger partial charge in [-0.3, -0.25) is 23.7 Å². The summed E-state index contributed by atoms with van der Waals surface area (Å²) in [5.74, 6) is -11.7. The highest BCUT2D eigenvalue weighted by Gasteiger charge is 2.38. The van der Waals surface area contributed by atoms with Crippen LogP contribution in [0.4, 0.5) is 71.4 Å². The first-order valence-corrected chi connectivity index (χ1v) is 42.2. The summed E-state index contributed by atoms with van der Waals surface area (Å²) in [7, 11) is -1.23. The Hall–Kier alpha value is -12.4. The van der Waals surface area contributed by atoms with Gasteiger partial charge in [0.15, 0.2) is 34.8 Å². The van der Waals surface area contributed by atoms with Crippen LogP contribution in [0.3, 0.4) is 0 Å². The molecule has 0 saturated carbocycles. The van der Waals surface area contributed by atoms with Gasteiger partial charge in [0, 0.05) is 247 Å². The summed E-state index contributed by atoms with van der Waals surface area (Å²) in [6.45, 7) is 17.8. The summed E-state index contributed by atoms with van der Waals surface area (Å²) in [4.78, 5) is 98.5. The maximum atomic E-state index is 15.3. The number of halogens is 11. The number of nitrogens with one attached hydrogen (secondary N) is 5. The summed E-state index contributed by atoms with van der Waals surface area (Å²) in [5.41, 5.74) is 0.276. The quantitative estimate of drug-likeness (QED) is 0.0153. The second-order valence-electron chi connectivity index (χ2n) is 28.2. The number of anilines is 4. The van der Waals surface area contributed by atoms with Gasteiger partial charge >= 0.3 is 24.2 Å². The number of rotatable bonds is 18. The molecule has 11 rings (SSSR count). The highest BCUT2D eigenvalue weighted by Crippen LogP contribution is 2.31. The first-order valence-electron chi connectivity index (χ1n) is 77.9. The molecule has 4 aromatic carbocycles. The van der Waals surface area contributed by atoms with E-state index in [1.165, 1.54) is 142 Å². The Morgan fingerprint density at radius 3 is 1.18 bits per heavy atom. The number of aryl methyl sites for hydroxylation is 9. The van der Waals surface area contributed by atoms with Crippen LogP contribution in [0.5, 0.6) is 0 Å². The Labute approximate surface area is 842 Å². The van der Waals surface area contributed by atoms with Crippen LogP contribution in [0.1, 0.15) is 257 Å². The minimum Gasteiger partial charge on any atom is -0.463 e. The molecule has 0 spiro atoms. The number of hydrogen-bond donors (Lipinski definition) is 6. The first kappa shape index (κ1) is 56.5. The molecule has 9 aromatic rings. The summed E-state index contributed by atoms with van der Waals surface area (Å²) < 4.78 is 648. The Bertz CT molecular complexity index is 5990. The van der Waals surface area contributed by atoms with Gasteiger partial charge in [0.2, 0.25) is 10.0 Å². The van der Waals surface area contributed by atoms with E-state index in [-0.39, 0.29) is 77.2 Å². The lowest BCUT2D eigenvalue weighted by molar-refractivity contribution is -0.191. The molecule has 2 aliphatic rings. The number of hydrogen-bond acceptors (Lipinski definition) is 18. The number of aromatic nitrogens is 5. The van der Waals surface area contributed by atoms with Gasteiger partial charge in [0.05, 0.1) is 18.8 Å². The SMILES string of the molecule is CCC1CN(C(=O)OC(C)(C)C)CCC1NS(=O)(=O)c1cn(C)c(C(=O)Nc2ccc(F)c(C)c2)c1F.CCOC(=O)C1=C(F)C=CC1.CCOC(=O)c1c(F)ccn1C.Cc1cc(NC(=O)c2c(F)c(S(=O)(=O)Cl)cn2C)ccc1F.Cc1cc(NC(=O)c2c(F)c(S(=O)(=O)O)cn2C)ccc1F.Cc1cc(NC(=O)c2c(F)ccn2C)ccc1F.O=C=O.[2H][2H].[2H][2H].[2H][2H].[2H][2H].[2H][2H].[2H][2H].[2H][2H].[2H][2H].[2H][2H].[2H][2H].[2H][2H].[2H][2H].[2H][2H].[2H][2H].[2H][2H].[2H][2H].[2H][2H].[2H][2H].[2H][2H].[2H][2H].[2H][2H].[2H][2H].[2H][2H].[2H][2H].[2H][2H].[2H][2H].[2H][2H].[2H][2H].[2H][2H].[2H][2H].[2H][2H].[2H][2H].[2H][2H].[2H][2H].[2H][2H].[2H][2H].[2H][2H].[2H][2H].[2H][2H].[2H][2H].[2H][2H]. The lowest BCUT2D eigenvalue weighted by atomic mass is 9.91. The number of carbonyl (C=O) groups excluding carboxylic acids is 9. The third kappa shape index (κ3) is 28.6. The monoisotopic (exact) mass is 2000 g/mol. The van der Waals surface area contributed by atoms with Crippen LogP contribution in [-0.4, -0.2) is 143 Å². The summed E-state index contributed by atoms with van der Waals surface area (Å²) in [6, 6.07) is 17.6. The van der Waals surface area contributed by atoms with Gasteiger partial charge in [0.1, 0.15) is 72.2 Å². The maximum absolute atomic E-state index is 15.3. The minimum absolute atomic E-state index is 0.0307. The van der Waals surface area contributed by atoms with Crippen molar-refractivity contribution in [3.05, 3.63) is 243 Å². The molecule has 0 radical (unpaired) electrons. The number of carbonyl (C=O) groups is 7. The van der Waals surface area contributed by atoms with Crippen molar-refractivity contribution in [2.75, 3.05) is 47.6 Å². The van der Waals surface area contributed by atoms with Gasteiger partial charge in [0.25, 0.3) is 42.8 Å². The van der Waals surface area contributed by atoms with Crippen molar-refractivity contribution < 1.29 is 253 Å². The first-order chi connectivity index (χ1) is 99.2. The number of allylic oxidation sites excluding steroid dienone is 3. The average Bonchev–Trinajstić information content (AvgIpc) is 1.63. The standard InChI is InChI=1S/C25H34F2N4O5S.C13H11ClF2N2O3S.C13H12F2N2O4S.C13H12F2N2O.C8H10FNO2.C8H9FO2.CO2.41H2/c1-7-16-13-31(24(33)36-25(3,4)5)11-10-19(16)29-37(34,35)20-14-30(6)22(21(20)27)23(32)28-17-8-9-18(26)15(2)12-17;1-7-5-8(3-4-9(7)15)17-13(19)12-11(16)10(6-18(12)2)22(14,20)21;1-7-5-8(3-4-9(7)14)16-13(18)12-11(15)10(6-17(12)2)22(19,20)21;1-8-7-9(3-4-10(8)14)16-13(18)12-11(15)5-6-17(12)2;1-3-12-8(11)7-6(9)4-5-10(7)2;1-2-11-8(10)6-4-3-5-7(6)9;2-1-3;;;;;;;;;;;;;;;;;;;;;;;;;;;;;;;;;;;;;;;;;/h8-9,12,14,16,19,29H,7,10-11,13H2,1-6H3,(H,28,32);3-6H,1-2H3,(H,17,19);3-6H,1-2H3,(H,16,18)(H,19,20,21);3-7H,1-2H3,(H,16,18);4-5H,3H2,1-2H3;3,5H,2,4H2,1H3;;41*1H/i;;;;;;;41*1+1D. The predicted molar refractivity (Wildman–Crippen MR) is 523 cm³/mol. The van der Waals surface area contributed by atoms with Gasteiger partial charge in [-0.05, 0) is 188 Å². The van der Waals surface area contributed by atoms with Gasteiger partial charge in [-0.25, -0.2) is 79.8 Å². The summed E-state index contributed by atoms with van der Waals surface area (Å²) in [6.07, 6.45) is 9.59. The van der Waals surface area contributed by atoms with Crippen LogP contribution in [-0.2, 0) is 93.0 Å². The van der Waals surface area contributed by atoms with Crippen molar-refractivity contribution in [3.63, 3.8) is 0 Å². The van der Waals surface area contributed by atoms with E-state index in [4.69, 9.17) is 151 Å². The van der Waals surface area contributed by atoms with Crippen molar-refractivity contribution >= 4 is 110 Å². The molecule has 2 unspecified atom stereocenters. The topological polar surface area (TPSA) is 392 Å². The van der Waals surface area contributed by atoms with E-state index in [2.05, 4.69) is 35.5 Å². The normalized spacial score (nSPS) is 16.1. The zero-order chi connectivity index (χ0) is 176. The number of nitrogens with zero attached hydrogens (tertiary/aromatic N) is 6. The van der Waals surface area contributed by atoms with E-state index in [1.54, 1.807) is 66.6 Å². The fourth-order valence-electron chi connectivity index (χ4n) is 11.6. The Morgan fingerprint density at radius 1 is 0.520 bits per heavy atom. The molecule has 1 aliphatic heterocycles. The number of esters is 2. The molecule has 758 valence electrons. The number of amides is 5. The molecule has 1 saturated heterocycles. The summed E-state index contributed by atoms with van der Waals surface area (Å²) in [5, 5.41) is 9.70. The molecule has 6 heterocycles. The number of ether oxygens (including phenoxy) is 3. The molecule has 6 N–H and O–H groups in total. The molecule has 0 bridgehead atoms. The van der Waals surface area contributed by atoms with Crippen LogP contribution >= 0.6 is 10.7 Å². The molecule has 5 aromatic heterocycles. The number of benzene rings is 4. The number of piperidine rings is 1. The summed E-state index contributed by atoms with van der Waals surface area (Å²) >= 11 is 0. The van der Waals surface area contributed by atoms with Gasteiger partial charge in [-0.2, -0.15) is 18.0 Å². The largest absolute Gasteiger partial charge is 0.463 e. The molecule has 1 aliphatic carbocycles. The fourth-order valence-corrected chi connectivity index (χ4v) is 14.6. The maximum Gasteiger partial charge on any atom is 0.410 e. The zero-order valence-electron chi connectivity index (χ0n) is 152. The molecule has 5 amide bonds. The molecule has 44 heteroatoms. The van der Waals surface area contributed by atoms with Crippen LogP contribution in [0.15, 0.2) is 154 Å². The predicted octanol–water partition coefficient (Wildman–Crippen LogP) is 24.5.